The second kappa shape index (κ2) is 30.1. The number of benzene rings is 14. The average Bonchev–Trinajstić information content (AvgIpc) is 0.800. The Morgan fingerprint density at radius 1 is 0.204 bits per heavy atom. The Morgan fingerprint density at radius 3 is 1.08 bits per heavy atom. The number of para-hydroxylation sites is 1. The molecule has 0 atom stereocenters. The number of thiophene rings is 1. The minimum atomic E-state index is 0.741. The molecule has 14 aromatic carbocycles. The van der Waals surface area contributed by atoms with Crippen molar-refractivity contribution >= 4 is 85.8 Å². The lowest BCUT2D eigenvalue weighted by molar-refractivity contribution is 0.669. The highest BCUT2D eigenvalue weighted by atomic mass is 32.1. The largest absolute Gasteiger partial charge is 0.456 e. The van der Waals surface area contributed by atoms with Gasteiger partial charge in [-0.05, 0) is 132 Å². The van der Waals surface area contributed by atoms with E-state index in [9.17, 15) is 0 Å². The molecule has 0 bridgehead atoms. The fraction of sp³-hybridized carbons (Fsp3) is 0.0408. The third kappa shape index (κ3) is 14.2. The van der Waals surface area contributed by atoms with Crippen molar-refractivity contribution in [1.82, 2.24) is 39.9 Å². The molecule has 0 N–H and O–H groups in total. The number of fused-ring (bicyclic) bond motifs is 10. The van der Waals surface area contributed by atoms with Crippen LogP contribution in [0.15, 0.2) is 356 Å². The van der Waals surface area contributed by atoms with Gasteiger partial charge in [0.05, 0.1) is 22.8 Å². The first-order valence-corrected chi connectivity index (χ1v) is 36.9. The molecular weight excluding hydrogens is 1340 g/mol. The number of nitrogens with zero attached hydrogens (tertiary/aromatic N) is 8. The van der Waals surface area contributed by atoms with Gasteiger partial charge >= 0.3 is 0 Å². The molecule has 0 saturated carbocycles. The van der Waals surface area contributed by atoms with E-state index in [-0.39, 0.29) is 0 Å². The topological polar surface area (TPSA) is 116 Å². The van der Waals surface area contributed by atoms with E-state index in [0.717, 1.165) is 135 Å². The molecule has 0 saturated heterocycles. The van der Waals surface area contributed by atoms with Crippen LogP contribution in [-0.2, 0) is 0 Å². The van der Waals surface area contributed by atoms with Crippen molar-refractivity contribution in [2.45, 2.75) is 27.7 Å². The summed E-state index contributed by atoms with van der Waals surface area (Å²) in [6.07, 6.45) is 0. The Bertz CT molecular complexity index is 6470. The van der Waals surface area contributed by atoms with E-state index in [1.54, 1.807) is 0 Å². The molecule has 0 amide bonds. The summed E-state index contributed by atoms with van der Waals surface area (Å²) in [5, 5.41) is 12.3. The lowest BCUT2D eigenvalue weighted by atomic mass is 9.93. The summed E-state index contributed by atoms with van der Waals surface area (Å²) >= 11 is 1.83. The van der Waals surface area contributed by atoms with Crippen molar-refractivity contribution < 1.29 is 4.42 Å². The van der Waals surface area contributed by atoms with Gasteiger partial charge in [0, 0.05) is 98.2 Å². The van der Waals surface area contributed by atoms with Crippen LogP contribution in [0.1, 0.15) is 22.8 Å². The second-order valence-corrected chi connectivity index (χ2v) is 27.8. The monoisotopic (exact) mass is 1410 g/mol. The highest BCUT2D eigenvalue weighted by molar-refractivity contribution is 7.25. The zero-order valence-corrected chi connectivity index (χ0v) is 60.7. The van der Waals surface area contributed by atoms with Gasteiger partial charge in [0.15, 0.2) is 23.3 Å². The molecule has 9 nitrogen and oxygen atoms in total. The maximum atomic E-state index is 6.02. The molecule has 6 aromatic heterocycles. The number of furan rings is 1. The number of hydrogen-bond acceptors (Lipinski definition) is 10. The van der Waals surface area contributed by atoms with Crippen LogP contribution in [0.2, 0.25) is 0 Å². The molecule has 514 valence electrons. The number of rotatable bonds is 9. The molecule has 0 spiro atoms. The summed E-state index contributed by atoms with van der Waals surface area (Å²) in [4.78, 5) is 38.0. The van der Waals surface area contributed by atoms with Crippen molar-refractivity contribution in [2.75, 3.05) is 0 Å². The molecule has 6 heterocycles. The van der Waals surface area contributed by atoms with Gasteiger partial charge in [-0.15, -0.1) is 11.3 Å². The predicted octanol–water partition coefficient (Wildman–Crippen LogP) is 25.9. The van der Waals surface area contributed by atoms with Gasteiger partial charge in [-0.3, -0.25) is 0 Å². The average molecular weight is 1410 g/mol. The fourth-order valence-electron chi connectivity index (χ4n) is 14.1. The third-order valence-corrected chi connectivity index (χ3v) is 20.4. The van der Waals surface area contributed by atoms with Gasteiger partial charge in [0.2, 0.25) is 0 Å². The smallest absolute Gasteiger partial charge is 0.160 e. The van der Waals surface area contributed by atoms with Crippen molar-refractivity contribution in [1.29, 1.82) is 0 Å². The Balaban J connectivity index is 0.000000106. The molecule has 0 aliphatic carbocycles. The number of hydrogen-bond donors (Lipinski definition) is 0. The second-order valence-electron chi connectivity index (χ2n) is 26.7. The highest BCUT2D eigenvalue weighted by Gasteiger charge is 2.18. The van der Waals surface area contributed by atoms with Crippen molar-refractivity contribution in [3.8, 4) is 102 Å². The molecule has 0 fully saturated rings. The highest BCUT2D eigenvalue weighted by Crippen LogP contribution is 2.40. The molecule has 108 heavy (non-hydrogen) atoms. The van der Waals surface area contributed by atoms with Crippen molar-refractivity contribution in [3.63, 3.8) is 0 Å². The van der Waals surface area contributed by atoms with Gasteiger partial charge in [-0.2, -0.15) is 0 Å². The van der Waals surface area contributed by atoms with Crippen LogP contribution in [0.25, 0.3) is 176 Å². The quantitative estimate of drug-likeness (QED) is 0.130. The summed E-state index contributed by atoms with van der Waals surface area (Å²) in [5.74, 6) is 3.04. The standard InChI is InChI=1S/C27H20N2.C25H18N2.C23H16N2O.C23H16N2S/c1-19-18-26(29-27(28-19)21-12-6-3-7-13-21)25-17-16-22(20-10-4-2-5-11-20)23-14-8-9-15-24(23)25;1-17-15-24(27-25(26-17)18-9-3-2-4-10-18)23-16-19-11-5-6-12-20(19)21-13-7-8-14-22(21)23;2*1-15-13-20(25-23(24-15)16-7-3-2-4-8-16)17-11-12-19-18-9-5-6-10-21(18)26-22(19)14-17/h2-18H,1H3;2-16H,1H3;2*2-14H,1H3. The van der Waals surface area contributed by atoms with E-state index >= 15 is 0 Å². The van der Waals surface area contributed by atoms with Gasteiger partial charge in [-0.1, -0.05) is 291 Å². The normalized spacial score (nSPS) is 11.1. The first-order chi connectivity index (χ1) is 53.1. The molecule has 20 rings (SSSR count). The first kappa shape index (κ1) is 67.4. The third-order valence-electron chi connectivity index (χ3n) is 19.2. The predicted molar refractivity (Wildman–Crippen MR) is 449 cm³/mol. The first-order valence-electron chi connectivity index (χ1n) is 36.1. The Morgan fingerprint density at radius 2 is 0.556 bits per heavy atom. The Hall–Kier alpha value is -13.8. The molecule has 0 aliphatic heterocycles. The van der Waals surface area contributed by atoms with E-state index in [1.165, 1.54) is 63.6 Å². The Labute approximate surface area is 630 Å². The van der Waals surface area contributed by atoms with Gasteiger partial charge in [0.1, 0.15) is 11.2 Å². The molecule has 0 aliphatic rings. The van der Waals surface area contributed by atoms with E-state index in [2.05, 4.69) is 250 Å². The minimum Gasteiger partial charge on any atom is -0.456 e. The minimum absolute atomic E-state index is 0.741. The van der Waals surface area contributed by atoms with Crippen LogP contribution in [0.3, 0.4) is 0 Å². The zero-order valence-electron chi connectivity index (χ0n) is 59.9. The summed E-state index contributed by atoms with van der Waals surface area (Å²) in [7, 11) is 0. The number of aryl methyl sites for hydroxylation is 4. The van der Waals surface area contributed by atoms with Gasteiger partial charge < -0.3 is 4.42 Å². The van der Waals surface area contributed by atoms with Crippen molar-refractivity contribution in [3.05, 3.63) is 375 Å². The van der Waals surface area contributed by atoms with E-state index in [1.807, 2.05) is 160 Å². The van der Waals surface area contributed by atoms with E-state index in [4.69, 9.17) is 24.4 Å². The zero-order chi connectivity index (χ0) is 72.9. The molecular formula is C98H70N8OS. The summed E-state index contributed by atoms with van der Waals surface area (Å²) in [5.41, 5.74) is 20.4. The maximum Gasteiger partial charge on any atom is 0.160 e. The SMILES string of the molecule is Cc1cc(-c2cc3ccccc3c3ccccc23)nc(-c2ccccc2)n1.Cc1cc(-c2ccc(-c3ccccc3)c3ccccc23)nc(-c2ccccc2)n1.Cc1cc(-c2ccc3c(c2)oc2ccccc23)nc(-c2ccccc2)n1.Cc1cc(-c2ccc3c(c2)sc2ccccc23)nc(-c2ccccc2)n1. The van der Waals surface area contributed by atoms with Crippen LogP contribution >= 0.6 is 11.3 Å². The fourth-order valence-corrected chi connectivity index (χ4v) is 15.3. The summed E-state index contributed by atoms with van der Waals surface area (Å²) < 4.78 is 8.63. The Kier molecular flexibility index (Phi) is 18.8. The maximum absolute atomic E-state index is 6.02. The van der Waals surface area contributed by atoms with Gasteiger partial charge in [-0.25, -0.2) is 39.9 Å². The molecule has 0 radical (unpaired) electrons. The molecule has 20 aromatic rings. The lowest BCUT2D eigenvalue weighted by Gasteiger charge is -2.13. The van der Waals surface area contributed by atoms with Crippen LogP contribution in [0.4, 0.5) is 0 Å². The van der Waals surface area contributed by atoms with E-state index in [0.29, 0.717) is 0 Å². The van der Waals surface area contributed by atoms with E-state index < -0.39 is 0 Å². The van der Waals surface area contributed by atoms with Crippen LogP contribution < -0.4 is 0 Å². The van der Waals surface area contributed by atoms with Crippen LogP contribution in [0.5, 0.6) is 0 Å². The van der Waals surface area contributed by atoms with Gasteiger partial charge in [0.25, 0.3) is 0 Å². The van der Waals surface area contributed by atoms with Crippen LogP contribution in [0, 0.1) is 27.7 Å². The summed E-state index contributed by atoms with van der Waals surface area (Å²) in [6, 6.07) is 121. The van der Waals surface area contributed by atoms with Crippen molar-refractivity contribution in [2.24, 2.45) is 0 Å². The molecule has 10 heteroatoms. The summed E-state index contributed by atoms with van der Waals surface area (Å²) in [6.45, 7) is 8.08. The van der Waals surface area contributed by atoms with Crippen LogP contribution in [-0.4, -0.2) is 39.9 Å². The lowest BCUT2D eigenvalue weighted by Crippen LogP contribution is -1.96. The number of aromatic nitrogens is 8. The molecule has 0 unspecified atom stereocenters.